The number of fused-ring (bicyclic) bond motifs is 5. The van der Waals surface area contributed by atoms with E-state index < -0.39 is 0 Å². The van der Waals surface area contributed by atoms with Crippen molar-refractivity contribution < 1.29 is 0 Å². The minimum absolute atomic E-state index is 0.943. The molecule has 0 radical (unpaired) electrons. The van der Waals surface area contributed by atoms with E-state index >= 15 is 0 Å². The average Bonchev–Trinajstić information content (AvgIpc) is 3.31. The van der Waals surface area contributed by atoms with E-state index in [1.807, 2.05) is 0 Å². The third kappa shape index (κ3) is 4.43. The van der Waals surface area contributed by atoms with E-state index in [1.54, 1.807) is 0 Å². The van der Waals surface area contributed by atoms with Gasteiger partial charge in [-0.3, -0.25) is 0 Å². The normalized spacial score (nSPS) is 12.1. The van der Waals surface area contributed by atoms with Crippen molar-refractivity contribution in [2.45, 2.75) is 13.5 Å². The van der Waals surface area contributed by atoms with Gasteiger partial charge in [-0.1, -0.05) is 109 Å². The summed E-state index contributed by atoms with van der Waals surface area (Å²) in [4.78, 5) is 0. The number of hydrogen-bond acceptors (Lipinski definition) is 0. The Labute approximate surface area is 229 Å². The highest BCUT2D eigenvalue weighted by Crippen LogP contribution is 2.32. The van der Waals surface area contributed by atoms with Crippen molar-refractivity contribution in [3.8, 4) is 0 Å². The van der Waals surface area contributed by atoms with Gasteiger partial charge in [-0.05, 0) is 87.1 Å². The smallest absolute Gasteiger partial charge is 0.0491 e. The van der Waals surface area contributed by atoms with Crippen LogP contribution < -0.4 is 0 Å². The molecule has 1 heterocycles. The van der Waals surface area contributed by atoms with E-state index in [2.05, 4.69) is 157 Å². The highest BCUT2D eigenvalue weighted by atomic mass is 15.0. The number of nitrogens with zero attached hydrogens (tertiary/aromatic N) is 1. The van der Waals surface area contributed by atoms with Gasteiger partial charge in [-0.25, -0.2) is 0 Å². The van der Waals surface area contributed by atoms with Crippen molar-refractivity contribution in [1.82, 2.24) is 4.57 Å². The van der Waals surface area contributed by atoms with Gasteiger partial charge in [0.25, 0.3) is 0 Å². The molecule has 186 valence electrons. The van der Waals surface area contributed by atoms with E-state index in [0.717, 1.165) is 6.54 Å². The second kappa shape index (κ2) is 9.78. The fourth-order valence-electron chi connectivity index (χ4n) is 5.70. The molecule has 0 aliphatic carbocycles. The number of aromatic nitrogens is 1. The lowest BCUT2D eigenvalue weighted by molar-refractivity contribution is 0.827. The van der Waals surface area contributed by atoms with Crippen LogP contribution in [0, 0.1) is 0 Å². The zero-order valence-electron chi connectivity index (χ0n) is 22.0. The summed E-state index contributed by atoms with van der Waals surface area (Å²) in [6, 6.07) is 43.9. The van der Waals surface area contributed by atoms with Crippen LogP contribution in [0.5, 0.6) is 0 Å². The van der Waals surface area contributed by atoms with Gasteiger partial charge in [0.2, 0.25) is 0 Å². The summed E-state index contributed by atoms with van der Waals surface area (Å²) in [6.07, 6.45) is 8.87. The molecule has 1 heteroatoms. The third-order valence-corrected chi connectivity index (χ3v) is 7.71. The molecule has 0 unspecified atom stereocenters. The van der Waals surface area contributed by atoms with Crippen LogP contribution in [0.1, 0.15) is 29.2 Å². The molecule has 0 amide bonds. The quantitative estimate of drug-likeness (QED) is 0.208. The van der Waals surface area contributed by atoms with Crippen LogP contribution in [0.25, 0.3) is 67.7 Å². The summed E-state index contributed by atoms with van der Waals surface area (Å²) in [6.45, 7) is 3.17. The maximum absolute atomic E-state index is 2.42. The fourth-order valence-corrected chi connectivity index (χ4v) is 5.70. The van der Waals surface area contributed by atoms with E-state index in [1.165, 1.54) is 65.6 Å². The van der Waals surface area contributed by atoms with Crippen LogP contribution in [0.4, 0.5) is 0 Å². The molecule has 1 nitrogen and oxygen atoms in total. The zero-order valence-corrected chi connectivity index (χ0v) is 22.0. The average molecular weight is 500 g/mol. The lowest BCUT2D eigenvalue weighted by Crippen LogP contribution is -1.92. The Morgan fingerprint density at radius 3 is 1.26 bits per heavy atom. The SMILES string of the molecule is CCn1c2ccc(/C=C/c3ccc4ccccc4c3)cc2c2cc(/C=C/c3ccc4ccccc4c3)ccc21. The summed E-state index contributed by atoms with van der Waals surface area (Å²) in [5.41, 5.74) is 7.42. The van der Waals surface area contributed by atoms with Gasteiger partial charge in [0.1, 0.15) is 0 Å². The van der Waals surface area contributed by atoms with Crippen LogP contribution in [-0.2, 0) is 6.54 Å². The summed E-state index contributed by atoms with van der Waals surface area (Å²) >= 11 is 0. The Bertz CT molecular complexity index is 1900. The predicted octanol–water partition coefficient (Wildman–Crippen LogP) is 10.5. The first-order valence-corrected chi connectivity index (χ1v) is 13.6. The van der Waals surface area contributed by atoms with Crippen LogP contribution in [0.2, 0.25) is 0 Å². The molecule has 0 bridgehead atoms. The van der Waals surface area contributed by atoms with E-state index in [0.29, 0.717) is 0 Å². The van der Waals surface area contributed by atoms with Gasteiger partial charge < -0.3 is 4.57 Å². The van der Waals surface area contributed by atoms with Crippen molar-refractivity contribution in [3.63, 3.8) is 0 Å². The van der Waals surface area contributed by atoms with Gasteiger partial charge >= 0.3 is 0 Å². The fraction of sp³-hybridized carbons (Fsp3) is 0.0526. The largest absolute Gasteiger partial charge is 0.341 e. The van der Waals surface area contributed by atoms with E-state index in [4.69, 9.17) is 0 Å². The monoisotopic (exact) mass is 499 g/mol. The Hall–Kier alpha value is -4.88. The van der Waals surface area contributed by atoms with Crippen molar-refractivity contribution in [2.75, 3.05) is 0 Å². The lowest BCUT2D eigenvalue weighted by atomic mass is 10.0. The standard InChI is InChI=1S/C38H29N/c1-2-39-37-21-17-29(13-11-27-15-19-31-7-3-5-9-33(31)23-27)25-35(37)36-26-30(18-22-38(36)39)14-12-28-16-20-32-8-4-6-10-34(32)24-28/h3-26H,2H2,1H3/b13-11+,14-12+. The zero-order chi connectivity index (χ0) is 26.2. The van der Waals surface area contributed by atoms with Crippen LogP contribution in [-0.4, -0.2) is 4.57 Å². The molecule has 0 saturated carbocycles. The highest BCUT2D eigenvalue weighted by Gasteiger charge is 2.10. The van der Waals surface area contributed by atoms with Gasteiger partial charge in [-0.2, -0.15) is 0 Å². The highest BCUT2D eigenvalue weighted by molar-refractivity contribution is 6.09. The topological polar surface area (TPSA) is 4.93 Å². The molecular weight excluding hydrogens is 470 g/mol. The maximum Gasteiger partial charge on any atom is 0.0491 e. The van der Waals surface area contributed by atoms with E-state index in [9.17, 15) is 0 Å². The molecule has 0 atom stereocenters. The van der Waals surface area contributed by atoms with Gasteiger partial charge in [0, 0.05) is 28.4 Å². The number of hydrogen-bond donors (Lipinski definition) is 0. The number of rotatable bonds is 5. The third-order valence-electron chi connectivity index (χ3n) is 7.71. The van der Waals surface area contributed by atoms with Gasteiger partial charge in [-0.15, -0.1) is 0 Å². The predicted molar refractivity (Wildman–Crippen MR) is 171 cm³/mol. The minimum Gasteiger partial charge on any atom is -0.341 e. The molecule has 0 spiro atoms. The molecule has 7 rings (SSSR count). The Balaban J connectivity index is 1.25. The Morgan fingerprint density at radius 2 is 0.821 bits per heavy atom. The molecule has 0 N–H and O–H groups in total. The lowest BCUT2D eigenvalue weighted by Gasteiger charge is -2.03. The summed E-state index contributed by atoms with van der Waals surface area (Å²) in [7, 11) is 0. The molecule has 0 aliphatic heterocycles. The van der Waals surface area contributed by atoms with Crippen LogP contribution in [0.15, 0.2) is 121 Å². The van der Waals surface area contributed by atoms with Crippen LogP contribution >= 0.6 is 0 Å². The molecule has 0 saturated heterocycles. The van der Waals surface area contributed by atoms with Crippen LogP contribution in [0.3, 0.4) is 0 Å². The number of benzene rings is 6. The molecule has 0 fully saturated rings. The van der Waals surface area contributed by atoms with Crippen molar-refractivity contribution in [1.29, 1.82) is 0 Å². The molecule has 1 aromatic heterocycles. The van der Waals surface area contributed by atoms with Crippen molar-refractivity contribution >= 4 is 67.7 Å². The second-order valence-corrected chi connectivity index (χ2v) is 10.2. The molecule has 7 aromatic rings. The molecular formula is C38H29N. The van der Waals surface area contributed by atoms with Crippen molar-refractivity contribution in [3.05, 3.63) is 144 Å². The summed E-state index contributed by atoms with van der Waals surface area (Å²) in [5.74, 6) is 0. The van der Waals surface area contributed by atoms with Crippen molar-refractivity contribution in [2.24, 2.45) is 0 Å². The first-order valence-electron chi connectivity index (χ1n) is 13.6. The van der Waals surface area contributed by atoms with Gasteiger partial charge in [0.05, 0.1) is 0 Å². The molecule has 39 heavy (non-hydrogen) atoms. The minimum atomic E-state index is 0.943. The molecule has 6 aromatic carbocycles. The Kier molecular flexibility index (Phi) is 5.83. The van der Waals surface area contributed by atoms with Gasteiger partial charge in [0.15, 0.2) is 0 Å². The van der Waals surface area contributed by atoms with E-state index in [-0.39, 0.29) is 0 Å². The molecule has 0 aliphatic rings. The first kappa shape index (κ1) is 23.3. The summed E-state index contributed by atoms with van der Waals surface area (Å²) < 4.78 is 2.42. The Morgan fingerprint density at radius 1 is 0.436 bits per heavy atom. The summed E-state index contributed by atoms with van der Waals surface area (Å²) in [5, 5.41) is 7.68. The maximum atomic E-state index is 2.42. The number of aryl methyl sites for hydroxylation is 1. The second-order valence-electron chi connectivity index (χ2n) is 10.2. The first-order chi connectivity index (χ1) is 19.2.